The van der Waals surface area contributed by atoms with Crippen molar-refractivity contribution in [2.75, 3.05) is 20.8 Å². The van der Waals surface area contributed by atoms with Crippen LogP contribution in [0.1, 0.15) is 27.9 Å². The van der Waals surface area contributed by atoms with E-state index in [4.69, 9.17) is 14.2 Å². The van der Waals surface area contributed by atoms with Crippen LogP contribution in [0.5, 0.6) is 17.2 Å². The van der Waals surface area contributed by atoms with E-state index in [2.05, 4.69) is 0 Å². The molecule has 0 fully saturated rings. The summed E-state index contributed by atoms with van der Waals surface area (Å²) in [5.41, 5.74) is -1.70. The lowest BCUT2D eigenvalue weighted by Crippen LogP contribution is -2.11. The molecule has 3 rings (SSSR count). The maximum Gasteiger partial charge on any atom is 0.419 e. The molecule has 2 aromatic rings. The van der Waals surface area contributed by atoms with Gasteiger partial charge < -0.3 is 14.2 Å². The van der Waals surface area contributed by atoms with E-state index in [0.717, 1.165) is 24.3 Å². The van der Waals surface area contributed by atoms with Gasteiger partial charge in [-0.15, -0.1) is 0 Å². The Kier molecular flexibility index (Phi) is 5.31. The highest BCUT2D eigenvalue weighted by Crippen LogP contribution is 2.40. The van der Waals surface area contributed by atoms with Crippen LogP contribution in [0.4, 0.5) is 17.6 Å². The molecule has 0 atom stereocenters. The van der Waals surface area contributed by atoms with Crippen molar-refractivity contribution in [2.24, 2.45) is 0 Å². The van der Waals surface area contributed by atoms with E-state index in [-0.39, 0.29) is 35.7 Å². The molecule has 0 spiro atoms. The molecule has 8 heteroatoms. The van der Waals surface area contributed by atoms with Crippen molar-refractivity contribution in [1.29, 1.82) is 0 Å². The third kappa shape index (κ3) is 3.67. The summed E-state index contributed by atoms with van der Waals surface area (Å²) in [6.07, 6.45) is -3.80. The third-order valence-electron chi connectivity index (χ3n) is 4.30. The first-order chi connectivity index (χ1) is 13.3. The quantitative estimate of drug-likeness (QED) is 0.546. The molecule has 0 unspecified atom stereocenters. The fourth-order valence-electron chi connectivity index (χ4n) is 3.01. The molecule has 1 aliphatic heterocycles. The molecule has 0 bridgehead atoms. The number of halogens is 4. The van der Waals surface area contributed by atoms with Gasteiger partial charge in [0.15, 0.2) is 5.78 Å². The van der Waals surface area contributed by atoms with Gasteiger partial charge in [-0.05, 0) is 17.7 Å². The Morgan fingerprint density at radius 1 is 1.14 bits per heavy atom. The topological polar surface area (TPSA) is 44.8 Å². The monoisotopic (exact) mass is 396 g/mol. The number of Topliss-reactive ketones (excluding diaryl/α,β-unsaturated/α-hetero) is 1. The molecule has 2 aromatic carbocycles. The molecule has 148 valence electrons. The van der Waals surface area contributed by atoms with Crippen LogP contribution >= 0.6 is 0 Å². The van der Waals surface area contributed by atoms with Gasteiger partial charge in [-0.25, -0.2) is 4.39 Å². The third-order valence-corrected chi connectivity index (χ3v) is 4.30. The lowest BCUT2D eigenvalue weighted by atomic mass is 9.96. The van der Waals surface area contributed by atoms with Gasteiger partial charge in [0, 0.05) is 24.1 Å². The van der Waals surface area contributed by atoms with Crippen molar-refractivity contribution in [3.63, 3.8) is 0 Å². The molecule has 0 saturated heterocycles. The van der Waals surface area contributed by atoms with E-state index in [1.807, 2.05) is 0 Å². The number of rotatable bonds is 3. The minimum atomic E-state index is -4.90. The van der Waals surface area contributed by atoms with E-state index in [1.54, 1.807) is 0 Å². The summed E-state index contributed by atoms with van der Waals surface area (Å²) in [6, 6.07) is 5.99. The van der Waals surface area contributed by atoms with Crippen molar-refractivity contribution >= 4 is 11.9 Å². The first kappa shape index (κ1) is 19.7. The van der Waals surface area contributed by atoms with Gasteiger partial charge in [0.05, 0.1) is 26.4 Å². The summed E-state index contributed by atoms with van der Waals surface area (Å²) in [4.78, 5) is 13.0. The fourth-order valence-corrected chi connectivity index (χ4v) is 3.01. The SMILES string of the molecule is COc1cc(OC)c2c(c1)OCC/C(=C\c1cccc(F)c1C(F)(F)F)C2=O. The second-order valence-corrected chi connectivity index (χ2v) is 6.00. The van der Waals surface area contributed by atoms with Crippen LogP contribution in [-0.2, 0) is 6.18 Å². The standard InChI is InChI=1S/C20H16F4O4/c1-26-13-9-15(27-2)17-16(10-13)28-7-6-12(19(17)25)8-11-4-3-5-14(21)18(11)20(22,23)24/h3-5,8-10H,6-7H2,1-2H3/b12-8+. The molecule has 4 nitrogen and oxygen atoms in total. The first-order valence-corrected chi connectivity index (χ1v) is 8.26. The molecule has 0 radical (unpaired) electrons. The Morgan fingerprint density at radius 2 is 1.89 bits per heavy atom. The smallest absolute Gasteiger partial charge is 0.419 e. The summed E-state index contributed by atoms with van der Waals surface area (Å²) < 4.78 is 69.6. The van der Waals surface area contributed by atoms with E-state index in [0.29, 0.717) is 5.75 Å². The molecule has 0 aliphatic carbocycles. The number of carbonyl (C=O) groups excluding carboxylic acids is 1. The van der Waals surface area contributed by atoms with Crippen molar-refractivity contribution in [1.82, 2.24) is 0 Å². The molecule has 1 aliphatic rings. The number of ketones is 1. The van der Waals surface area contributed by atoms with Crippen molar-refractivity contribution in [3.8, 4) is 17.2 Å². The van der Waals surface area contributed by atoms with Gasteiger partial charge in [0.25, 0.3) is 0 Å². The number of hydrogen-bond donors (Lipinski definition) is 0. The zero-order valence-corrected chi connectivity index (χ0v) is 15.0. The van der Waals surface area contributed by atoms with Crippen LogP contribution in [0.25, 0.3) is 6.08 Å². The minimum Gasteiger partial charge on any atom is -0.496 e. The Morgan fingerprint density at radius 3 is 2.54 bits per heavy atom. The fraction of sp³-hybridized carbons (Fsp3) is 0.250. The Hall–Kier alpha value is -3.03. The number of alkyl halides is 3. The van der Waals surface area contributed by atoms with Crippen molar-refractivity contribution in [3.05, 3.63) is 58.4 Å². The number of hydrogen-bond acceptors (Lipinski definition) is 4. The van der Waals surface area contributed by atoms with Crippen LogP contribution in [0.15, 0.2) is 35.9 Å². The molecule has 0 aromatic heterocycles. The van der Waals surface area contributed by atoms with Crippen LogP contribution < -0.4 is 14.2 Å². The highest BCUT2D eigenvalue weighted by Gasteiger charge is 2.36. The number of benzene rings is 2. The zero-order valence-electron chi connectivity index (χ0n) is 15.0. The Labute approximate surface area is 158 Å². The van der Waals surface area contributed by atoms with Crippen LogP contribution in [0.2, 0.25) is 0 Å². The molecule has 0 amide bonds. The summed E-state index contributed by atoms with van der Waals surface area (Å²) in [5, 5.41) is 0. The summed E-state index contributed by atoms with van der Waals surface area (Å²) >= 11 is 0. The second-order valence-electron chi connectivity index (χ2n) is 6.00. The number of ether oxygens (including phenoxy) is 3. The van der Waals surface area contributed by atoms with Crippen molar-refractivity contribution < 1.29 is 36.6 Å². The second kappa shape index (κ2) is 7.53. The first-order valence-electron chi connectivity index (χ1n) is 8.26. The van der Waals surface area contributed by atoms with Gasteiger partial charge in [-0.2, -0.15) is 13.2 Å². The van der Waals surface area contributed by atoms with Gasteiger partial charge in [-0.3, -0.25) is 4.79 Å². The van der Waals surface area contributed by atoms with Crippen LogP contribution in [0, 0.1) is 5.82 Å². The lowest BCUT2D eigenvalue weighted by molar-refractivity contribution is -0.140. The predicted molar refractivity (Wildman–Crippen MR) is 93.4 cm³/mol. The molecule has 1 heterocycles. The summed E-state index contributed by atoms with van der Waals surface area (Å²) in [5.74, 6) is -1.17. The highest BCUT2D eigenvalue weighted by molar-refractivity contribution is 6.15. The van der Waals surface area contributed by atoms with Gasteiger partial charge >= 0.3 is 6.18 Å². The predicted octanol–water partition coefficient (Wildman–Crippen LogP) is 4.91. The number of methoxy groups -OCH3 is 2. The number of carbonyl (C=O) groups is 1. The van der Waals surface area contributed by atoms with E-state index >= 15 is 0 Å². The Bertz CT molecular complexity index is 948. The van der Waals surface area contributed by atoms with Crippen molar-refractivity contribution in [2.45, 2.75) is 12.6 Å². The molecule has 28 heavy (non-hydrogen) atoms. The maximum atomic E-state index is 13.8. The molecular formula is C20H16F4O4. The number of fused-ring (bicyclic) bond motifs is 1. The van der Waals surface area contributed by atoms with Gasteiger partial charge in [0.1, 0.15) is 28.6 Å². The average molecular weight is 396 g/mol. The zero-order chi connectivity index (χ0) is 20.5. The highest BCUT2D eigenvalue weighted by atomic mass is 19.4. The van der Waals surface area contributed by atoms with Crippen LogP contribution in [-0.4, -0.2) is 26.6 Å². The van der Waals surface area contributed by atoms with E-state index in [1.165, 1.54) is 26.4 Å². The molecule has 0 saturated carbocycles. The van der Waals surface area contributed by atoms with Gasteiger partial charge in [0.2, 0.25) is 0 Å². The van der Waals surface area contributed by atoms with Crippen LogP contribution in [0.3, 0.4) is 0 Å². The van der Waals surface area contributed by atoms with E-state index in [9.17, 15) is 22.4 Å². The molecular weight excluding hydrogens is 380 g/mol. The van der Waals surface area contributed by atoms with E-state index < -0.39 is 28.9 Å². The maximum absolute atomic E-state index is 13.8. The van der Waals surface area contributed by atoms with Gasteiger partial charge in [-0.1, -0.05) is 12.1 Å². The lowest BCUT2D eigenvalue weighted by Gasteiger charge is -2.14. The normalized spacial score (nSPS) is 15.6. The summed E-state index contributed by atoms with van der Waals surface area (Å²) in [7, 11) is 2.79. The average Bonchev–Trinajstić information content (AvgIpc) is 2.79. The minimum absolute atomic E-state index is 0.0484. The molecule has 0 N–H and O–H groups in total. The largest absolute Gasteiger partial charge is 0.496 e. The summed E-state index contributed by atoms with van der Waals surface area (Å²) in [6.45, 7) is 0.0531. The Balaban J connectivity index is 2.14.